The molecule has 0 aliphatic rings. The lowest BCUT2D eigenvalue weighted by Crippen LogP contribution is -2.46. The number of hydrogen-bond donors (Lipinski definition) is 1. The predicted molar refractivity (Wildman–Crippen MR) is 78.9 cm³/mol. The summed E-state index contributed by atoms with van der Waals surface area (Å²) in [5.74, 6) is -0.782. The second-order valence-electron chi connectivity index (χ2n) is 4.76. The summed E-state index contributed by atoms with van der Waals surface area (Å²) in [6.07, 6.45) is -4.85. The summed E-state index contributed by atoms with van der Waals surface area (Å²) < 4.78 is 39.3. The number of rotatable bonds is 4. The molecule has 22 heavy (non-hydrogen) atoms. The van der Waals surface area contributed by atoms with Crippen LogP contribution in [0.1, 0.15) is 15.9 Å². The predicted octanol–water partition coefficient (Wildman–Crippen LogP) is 4.24. The quantitative estimate of drug-likeness (QED) is 0.894. The number of carbonyl (C=O) groups excluding carboxylic acids is 1. The Morgan fingerprint density at radius 2 is 1.64 bits per heavy atom. The molecule has 6 heteroatoms. The maximum absolute atomic E-state index is 13.1. The Labute approximate surface area is 130 Å². The first-order chi connectivity index (χ1) is 10.4. The maximum atomic E-state index is 13.1. The van der Waals surface area contributed by atoms with E-state index in [1.807, 2.05) is 5.32 Å². The van der Waals surface area contributed by atoms with Gasteiger partial charge in [-0.25, -0.2) is 0 Å². The molecule has 0 spiro atoms. The molecule has 0 saturated carbocycles. The molecule has 0 bridgehead atoms. The number of carbonyl (C=O) groups is 1. The van der Waals surface area contributed by atoms with E-state index in [1.54, 1.807) is 30.3 Å². The highest BCUT2D eigenvalue weighted by molar-refractivity contribution is 6.30. The molecule has 0 heterocycles. The van der Waals surface area contributed by atoms with E-state index in [1.165, 1.54) is 24.3 Å². The molecule has 0 aliphatic carbocycles. The molecule has 2 nitrogen and oxygen atoms in total. The van der Waals surface area contributed by atoms with Gasteiger partial charge in [-0.15, -0.1) is 0 Å². The third-order valence-electron chi connectivity index (χ3n) is 3.09. The zero-order valence-corrected chi connectivity index (χ0v) is 12.2. The first-order valence-electron chi connectivity index (χ1n) is 6.53. The van der Waals surface area contributed by atoms with Gasteiger partial charge < -0.3 is 5.32 Å². The van der Waals surface area contributed by atoms with E-state index in [0.29, 0.717) is 10.6 Å². The van der Waals surface area contributed by atoms with Crippen molar-refractivity contribution in [1.82, 2.24) is 5.32 Å². The van der Waals surface area contributed by atoms with Crippen molar-refractivity contribution in [1.29, 1.82) is 0 Å². The minimum Gasteiger partial charge on any atom is -0.340 e. The van der Waals surface area contributed by atoms with Crippen LogP contribution in [0.5, 0.6) is 0 Å². The minimum absolute atomic E-state index is 0.131. The Balaban J connectivity index is 2.13. The van der Waals surface area contributed by atoms with Crippen LogP contribution in [-0.2, 0) is 6.42 Å². The largest absolute Gasteiger partial charge is 0.408 e. The van der Waals surface area contributed by atoms with Crippen molar-refractivity contribution >= 4 is 17.5 Å². The van der Waals surface area contributed by atoms with Crippen LogP contribution in [0.2, 0.25) is 5.02 Å². The zero-order chi connectivity index (χ0) is 16.2. The average Bonchev–Trinajstić information content (AvgIpc) is 2.47. The van der Waals surface area contributed by atoms with Crippen molar-refractivity contribution in [2.24, 2.45) is 0 Å². The monoisotopic (exact) mass is 327 g/mol. The highest BCUT2D eigenvalue weighted by Gasteiger charge is 2.40. The number of amides is 1. The Morgan fingerprint density at radius 1 is 1.05 bits per heavy atom. The van der Waals surface area contributed by atoms with Crippen molar-refractivity contribution < 1.29 is 18.0 Å². The van der Waals surface area contributed by atoms with Crippen molar-refractivity contribution in [3.05, 3.63) is 70.7 Å². The van der Waals surface area contributed by atoms with Gasteiger partial charge in [0.05, 0.1) is 0 Å². The Morgan fingerprint density at radius 3 is 2.18 bits per heavy atom. The van der Waals surface area contributed by atoms with E-state index in [9.17, 15) is 18.0 Å². The second-order valence-corrected chi connectivity index (χ2v) is 5.20. The Hall–Kier alpha value is -2.01. The summed E-state index contributed by atoms with van der Waals surface area (Å²) in [6.45, 7) is 0. The standard InChI is InChI=1S/C16H13ClF3NO/c17-13-8-6-12(7-9-13)15(22)21-14(16(18,19)20)10-11-4-2-1-3-5-11/h1-9,14H,10H2,(H,21,22)/t14-/m0/s1. The van der Waals surface area contributed by atoms with Gasteiger partial charge in [0.25, 0.3) is 5.91 Å². The van der Waals surface area contributed by atoms with E-state index in [0.717, 1.165) is 0 Å². The molecule has 2 rings (SSSR count). The molecular formula is C16H13ClF3NO. The topological polar surface area (TPSA) is 29.1 Å². The lowest BCUT2D eigenvalue weighted by molar-refractivity contribution is -0.153. The van der Waals surface area contributed by atoms with Crippen LogP contribution < -0.4 is 5.32 Å². The Bertz CT molecular complexity index is 626. The van der Waals surface area contributed by atoms with Gasteiger partial charge in [0.1, 0.15) is 6.04 Å². The number of alkyl halides is 3. The third-order valence-corrected chi connectivity index (χ3v) is 3.34. The number of halogens is 4. The van der Waals surface area contributed by atoms with Crippen LogP contribution in [0.3, 0.4) is 0 Å². The van der Waals surface area contributed by atoms with Gasteiger partial charge in [-0.3, -0.25) is 4.79 Å². The van der Waals surface area contributed by atoms with Crippen molar-refractivity contribution in [3.8, 4) is 0 Å². The van der Waals surface area contributed by atoms with Crippen molar-refractivity contribution in [3.63, 3.8) is 0 Å². The molecule has 2 aromatic carbocycles. The van der Waals surface area contributed by atoms with E-state index in [2.05, 4.69) is 0 Å². The minimum atomic E-state index is -4.53. The lowest BCUT2D eigenvalue weighted by atomic mass is 10.0. The zero-order valence-electron chi connectivity index (χ0n) is 11.4. The third kappa shape index (κ3) is 4.49. The second kappa shape index (κ2) is 6.83. The molecule has 1 N–H and O–H groups in total. The summed E-state index contributed by atoms with van der Waals surface area (Å²) >= 11 is 5.69. The average molecular weight is 328 g/mol. The number of nitrogens with one attached hydrogen (secondary N) is 1. The molecule has 0 aromatic heterocycles. The molecule has 0 unspecified atom stereocenters. The lowest BCUT2D eigenvalue weighted by Gasteiger charge is -2.22. The first-order valence-corrected chi connectivity index (χ1v) is 6.91. The summed E-state index contributed by atoms with van der Waals surface area (Å²) in [5, 5.41) is 2.44. The Kier molecular flexibility index (Phi) is 5.08. The fourth-order valence-corrected chi connectivity index (χ4v) is 2.07. The fraction of sp³-hybridized carbons (Fsp3) is 0.188. The van der Waals surface area contributed by atoms with E-state index in [4.69, 9.17) is 11.6 Å². The van der Waals surface area contributed by atoms with Crippen LogP contribution in [0, 0.1) is 0 Å². The molecule has 0 aliphatic heterocycles. The highest BCUT2D eigenvalue weighted by Crippen LogP contribution is 2.23. The van der Waals surface area contributed by atoms with Gasteiger partial charge in [-0.05, 0) is 29.8 Å². The smallest absolute Gasteiger partial charge is 0.340 e. The molecule has 116 valence electrons. The van der Waals surface area contributed by atoms with E-state index >= 15 is 0 Å². The van der Waals surface area contributed by atoms with Gasteiger partial charge in [0.15, 0.2) is 0 Å². The van der Waals surface area contributed by atoms with Gasteiger partial charge >= 0.3 is 6.18 Å². The summed E-state index contributed by atoms with van der Waals surface area (Å²) in [4.78, 5) is 11.9. The van der Waals surface area contributed by atoms with E-state index in [-0.39, 0.29) is 12.0 Å². The van der Waals surface area contributed by atoms with Crippen LogP contribution in [-0.4, -0.2) is 18.1 Å². The van der Waals surface area contributed by atoms with Crippen LogP contribution in [0.4, 0.5) is 13.2 Å². The molecule has 1 amide bonds. The molecule has 0 saturated heterocycles. The fourth-order valence-electron chi connectivity index (χ4n) is 1.94. The highest BCUT2D eigenvalue weighted by atomic mass is 35.5. The van der Waals surface area contributed by atoms with Crippen LogP contribution >= 0.6 is 11.6 Å². The SMILES string of the molecule is O=C(N[C@@H](Cc1ccccc1)C(F)(F)F)c1ccc(Cl)cc1. The van der Waals surface area contributed by atoms with Crippen molar-refractivity contribution in [2.45, 2.75) is 18.6 Å². The molecule has 1 atom stereocenters. The van der Waals surface area contributed by atoms with Crippen LogP contribution in [0.25, 0.3) is 0 Å². The normalized spacial score (nSPS) is 12.7. The van der Waals surface area contributed by atoms with Crippen molar-refractivity contribution in [2.75, 3.05) is 0 Å². The number of benzene rings is 2. The van der Waals surface area contributed by atoms with Crippen LogP contribution in [0.15, 0.2) is 54.6 Å². The molecule has 2 aromatic rings. The van der Waals surface area contributed by atoms with Gasteiger partial charge in [0.2, 0.25) is 0 Å². The molecule has 0 fully saturated rings. The maximum Gasteiger partial charge on any atom is 0.408 e. The number of hydrogen-bond acceptors (Lipinski definition) is 1. The van der Waals surface area contributed by atoms with E-state index < -0.39 is 18.1 Å². The summed E-state index contributed by atoms with van der Waals surface area (Å²) in [5.41, 5.74) is 0.632. The van der Waals surface area contributed by atoms with Gasteiger partial charge in [-0.2, -0.15) is 13.2 Å². The van der Waals surface area contributed by atoms with Gasteiger partial charge in [-0.1, -0.05) is 41.9 Å². The molecular weight excluding hydrogens is 315 g/mol. The van der Waals surface area contributed by atoms with Gasteiger partial charge in [0, 0.05) is 17.0 Å². The summed E-state index contributed by atoms with van der Waals surface area (Å²) in [7, 11) is 0. The summed E-state index contributed by atoms with van der Waals surface area (Å²) in [6, 6.07) is 11.9. The first kappa shape index (κ1) is 16.4. The molecule has 0 radical (unpaired) electrons.